The molecule has 3 atom stereocenters. The average Bonchev–Trinajstić information content (AvgIpc) is 3.42. The number of likely N-dealkylation sites (tertiary alicyclic amines) is 1. The third-order valence-corrected chi connectivity index (χ3v) is 8.23. The van der Waals surface area contributed by atoms with E-state index < -0.39 is 41.4 Å². The standard InChI is InChI=1S/C27H32N4O7/c1-30-17-13-9-8-12-16(17)27-14-18(22(32)36-2)31(26(35)28-15-10-6-5-7-11-15)25(27)29-20(24(34)38-4)19(21(27)30)23(33)37-3/h8-9,12-13,15,18,21H,5-7,10-11,14H2,1-4H3,(H,28,35)/t18-,21-,27-/m0/s1. The maximum atomic E-state index is 13.9. The SMILES string of the molecule is COC(=O)C1=C(C(=O)OC)[C@@H]2N(C)c3ccccc3[C@@]23C[C@@H](C(=O)OC)N(C(=O)NC2CCCCC2)C3=N1. The number of likely N-dealkylation sites (N-methyl/N-ethyl adjacent to an activating group) is 1. The first-order valence-corrected chi connectivity index (χ1v) is 12.8. The summed E-state index contributed by atoms with van der Waals surface area (Å²) in [6.45, 7) is 0. The van der Waals surface area contributed by atoms with Gasteiger partial charge in [0.1, 0.15) is 11.9 Å². The lowest BCUT2D eigenvalue weighted by Gasteiger charge is -2.39. The average molecular weight is 525 g/mol. The molecule has 1 saturated carbocycles. The normalized spacial score (nSPS) is 26.2. The van der Waals surface area contributed by atoms with E-state index in [9.17, 15) is 19.2 Å². The van der Waals surface area contributed by atoms with Gasteiger partial charge >= 0.3 is 23.9 Å². The molecule has 5 rings (SSSR count). The number of esters is 3. The molecule has 0 bridgehead atoms. The number of hydrogen-bond donors (Lipinski definition) is 1. The lowest BCUT2D eigenvalue weighted by atomic mass is 9.69. The lowest BCUT2D eigenvalue weighted by Crippen LogP contribution is -2.57. The second-order valence-electron chi connectivity index (χ2n) is 10.1. The Kier molecular flexibility index (Phi) is 6.62. The van der Waals surface area contributed by atoms with Crippen molar-refractivity contribution in [3.05, 3.63) is 41.1 Å². The van der Waals surface area contributed by atoms with E-state index in [-0.39, 0.29) is 29.6 Å². The molecule has 1 spiro atoms. The van der Waals surface area contributed by atoms with Crippen LogP contribution in [0.2, 0.25) is 0 Å². The van der Waals surface area contributed by atoms with Gasteiger partial charge in [-0.15, -0.1) is 0 Å². The molecule has 1 aromatic carbocycles. The fourth-order valence-corrected chi connectivity index (χ4v) is 6.60. The van der Waals surface area contributed by atoms with Crippen molar-refractivity contribution in [3.8, 4) is 0 Å². The summed E-state index contributed by atoms with van der Waals surface area (Å²) in [5, 5.41) is 3.08. The highest BCUT2D eigenvalue weighted by Crippen LogP contribution is 2.57. The highest BCUT2D eigenvalue weighted by atomic mass is 16.5. The molecule has 2 amide bonds. The fraction of sp³-hybridized carbons (Fsp3) is 0.519. The summed E-state index contributed by atoms with van der Waals surface area (Å²) in [5.41, 5.74) is 0.236. The maximum absolute atomic E-state index is 13.9. The van der Waals surface area contributed by atoms with Crippen LogP contribution >= 0.6 is 0 Å². The highest BCUT2D eigenvalue weighted by molar-refractivity contribution is 6.17. The van der Waals surface area contributed by atoms with Crippen molar-refractivity contribution in [1.82, 2.24) is 10.2 Å². The van der Waals surface area contributed by atoms with Crippen molar-refractivity contribution in [2.45, 2.75) is 62.1 Å². The van der Waals surface area contributed by atoms with E-state index in [0.29, 0.717) is 0 Å². The Morgan fingerprint density at radius 1 is 0.974 bits per heavy atom. The second-order valence-corrected chi connectivity index (χ2v) is 10.1. The first-order chi connectivity index (χ1) is 18.3. The van der Waals surface area contributed by atoms with Gasteiger partial charge in [0.2, 0.25) is 0 Å². The van der Waals surface area contributed by atoms with Crippen LogP contribution in [0.4, 0.5) is 10.5 Å². The van der Waals surface area contributed by atoms with Crippen LogP contribution in [0.25, 0.3) is 0 Å². The summed E-state index contributed by atoms with van der Waals surface area (Å²) in [6.07, 6.45) is 4.92. The number of anilines is 1. The van der Waals surface area contributed by atoms with E-state index in [1.165, 1.54) is 26.2 Å². The Morgan fingerprint density at radius 2 is 1.66 bits per heavy atom. The molecule has 0 aromatic heterocycles. The number of nitrogens with one attached hydrogen (secondary N) is 1. The number of amidine groups is 1. The Balaban J connectivity index is 1.74. The van der Waals surface area contributed by atoms with Crippen molar-refractivity contribution >= 4 is 35.5 Å². The van der Waals surface area contributed by atoms with Gasteiger partial charge in [-0.25, -0.2) is 24.2 Å². The van der Waals surface area contributed by atoms with Gasteiger partial charge < -0.3 is 24.4 Å². The fourth-order valence-electron chi connectivity index (χ4n) is 6.60. The quantitative estimate of drug-likeness (QED) is 0.468. The summed E-state index contributed by atoms with van der Waals surface area (Å²) in [5.74, 6) is -1.99. The molecule has 2 fully saturated rings. The van der Waals surface area contributed by atoms with Gasteiger partial charge in [-0.05, 0) is 30.9 Å². The Labute approximate surface area is 220 Å². The number of rotatable bonds is 4. The number of ether oxygens (including phenoxy) is 3. The van der Waals surface area contributed by atoms with Crippen molar-refractivity contribution < 1.29 is 33.4 Å². The molecule has 1 N–H and O–H groups in total. The number of carbonyl (C=O) groups is 4. The topological polar surface area (TPSA) is 127 Å². The molecular formula is C27H32N4O7. The van der Waals surface area contributed by atoms with Crippen molar-refractivity contribution in [1.29, 1.82) is 0 Å². The minimum Gasteiger partial charge on any atom is -0.467 e. The van der Waals surface area contributed by atoms with Crippen LogP contribution in [-0.2, 0) is 34.0 Å². The number of carbonyl (C=O) groups excluding carboxylic acids is 4. The van der Waals surface area contributed by atoms with E-state index in [2.05, 4.69) is 10.3 Å². The van der Waals surface area contributed by atoms with Gasteiger partial charge in [-0.2, -0.15) is 0 Å². The first kappa shape index (κ1) is 25.7. The van der Waals surface area contributed by atoms with Gasteiger partial charge in [0.05, 0.1) is 38.4 Å². The van der Waals surface area contributed by atoms with E-state index in [1.807, 2.05) is 29.2 Å². The van der Waals surface area contributed by atoms with Gasteiger partial charge in [0, 0.05) is 18.8 Å². The van der Waals surface area contributed by atoms with Gasteiger partial charge in [-0.1, -0.05) is 37.5 Å². The van der Waals surface area contributed by atoms with Crippen LogP contribution in [-0.4, -0.2) is 81.2 Å². The monoisotopic (exact) mass is 524 g/mol. The second kappa shape index (κ2) is 9.77. The Bertz CT molecular complexity index is 1250. The number of fused-ring (bicyclic) bond motifs is 1. The molecule has 0 unspecified atom stereocenters. The summed E-state index contributed by atoms with van der Waals surface area (Å²) in [4.78, 5) is 61.1. The summed E-state index contributed by atoms with van der Waals surface area (Å²) < 4.78 is 15.2. The minimum atomic E-state index is -1.10. The first-order valence-electron chi connectivity index (χ1n) is 12.8. The summed E-state index contributed by atoms with van der Waals surface area (Å²) in [6, 6.07) is 5.18. The predicted octanol–water partition coefficient (Wildman–Crippen LogP) is 2.04. The van der Waals surface area contributed by atoms with E-state index in [1.54, 1.807) is 7.05 Å². The number of methoxy groups -OCH3 is 3. The van der Waals surface area contributed by atoms with Gasteiger partial charge in [0.15, 0.2) is 5.70 Å². The third kappa shape index (κ3) is 3.66. The van der Waals surface area contributed by atoms with Crippen molar-refractivity contribution in [2.75, 3.05) is 33.3 Å². The minimum absolute atomic E-state index is 0.0138. The molecule has 1 saturated heterocycles. The number of nitrogens with zero attached hydrogens (tertiary/aromatic N) is 3. The number of amides is 2. The van der Waals surface area contributed by atoms with Crippen LogP contribution in [0.1, 0.15) is 44.1 Å². The van der Waals surface area contributed by atoms with Gasteiger partial charge in [-0.3, -0.25) is 4.90 Å². The zero-order chi connectivity index (χ0) is 27.2. The molecule has 3 aliphatic heterocycles. The summed E-state index contributed by atoms with van der Waals surface area (Å²) >= 11 is 0. The highest BCUT2D eigenvalue weighted by Gasteiger charge is 2.67. The number of aliphatic imine (C=N–C) groups is 1. The molecule has 11 heteroatoms. The smallest absolute Gasteiger partial charge is 0.357 e. The molecule has 3 heterocycles. The number of hydrogen-bond acceptors (Lipinski definition) is 9. The van der Waals surface area contributed by atoms with Crippen LogP contribution < -0.4 is 10.2 Å². The molecule has 1 aromatic rings. The van der Waals surface area contributed by atoms with Crippen LogP contribution in [0.15, 0.2) is 40.5 Å². The Hall–Kier alpha value is -3.89. The maximum Gasteiger partial charge on any atom is 0.357 e. The molecule has 0 radical (unpaired) electrons. The number of para-hydroxylation sites is 1. The predicted molar refractivity (Wildman–Crippen MR) is 136 cm³/mol. The zero-order valence-electron chi connectivity index (χ0n) is 22.0. The van der Waals surface area contributed by atoms with E-state index in [0.717, 1.165) is 43.4 Å². The lowest BCUT2D eigenvalue weighted by molar-refractivity contribution is -0.144. The third-order valence-electron chi connectivity index (χ3n) is 8.23. The largest absolute Gasteiger partial charge is 0.467 e. The molecule has 1 aliphatic carbocycles. The molecule has 202 valence electrons. The number of urea groups is 1. The zero-order valence-corrected chi connectivity index (χ0v) is 22.0. The van der Waals surface area contributed by atoms with Crippen LogP contribution in [0.3, 0.4) is 0 Å². The summed E-state index contributed by atoms with van der Waals surface area (Å²) in [7, 11) is 5.50. The van der Waals surface area contributed by atoms with Crippen LogP contribution in [0, 0.1) is 0 Å². The van der Waals surface area contributed by atoms with Crippen LogP contribution in [0.5, 0.6) is 0 Å². The van der Waals surface area contributed by atoms with E-state index >= 15 is 0 Å². The van der Waals surface area contributed by atoms with E-state index in [4.69, 9.17) is 14.2 Å². The van der Waals surface area contributed by atoms with Crippen molar-refractivity contribution in [2.24, 2.45) is 4.99 Å². The molecule has 4 aliphatic rings. The molecule has 38 heavy (non-hydrogen) atoms. The number of benzene rings is 1. The molecular weight excluding hydrogens is 492 g/mol. The van der Waals surface area contributed by atoms with Crippen molar-refractivity contribution in [3.63, 3.8) is 0 Å². The molecule has 11 nitrogen and oxygen atoms in total. The Morgan fingerprint density at radius 3 is 2.32 bits per heavy atom. The van der Waals surface area contributed by atoms with Gasteiger partial charge in [0.25, 0.3) is 0 Å².